The molecule has 0 aliphatic carbocycles. The van der Waals surface area contributed by atoms with E-state index in [9.17, 15) is 0 Å². The Morgan fingerprint density at radius 2 is 2.00 bits per heavy atom. The van der Waals surface area contributed by atoms with Crippen LogP contribution in [0.2, 0.25) is 0 Å². The SMILES string of the molecule is CCSc1cc(-c2nc(-c3ccc(OC)cc3OC)cs2)ccn1. The number of hydrogen-bond donors (Lipinski definition) is 0. The second-order valence-electron chi connectivity index (χ2n) is 4.92. The summed E-state index contributed by atoms with van der Waals surface area (Å²) >= 11 is 3.35. The number of benzene rings is 1. The first-order chi connectivity index (χ1) is 11.7. The molecule has 0 N–H and O–H groups in total. The number of thiazole rings is 1. The van der Waals surface area contributed by atoms with Gasteiger partial charge in [-0.05, 0) is 30.0 Å². The number of methoxy groups -OCH3 is 2. The highest BCUT2D eigenvalue weighted by molar-refractivity contribution is 7.99. The lowest BCUT2D eigenvalue weighted by Gasteiger charge is -2.08. The van der Waals surface area contributed by atoms with Crippen LogP contribution < -0.4 is 9.47 Å². The summed E-state index contributed by atoms with van der Waals surface area (Å²) in [6.45, 7) is 2.12. The van der Waals surface area contributed by atoms with Crippen LogP contribution in [0.3, 0.4) is 0 Å². The first-order valence-corrected chi connectivity index (χ1v) is 9.38. The molecule has 0 aliphatic heterocycles. The molecular formula is C18H18N2O2S2. The molecule has 4 nitrogen and oxygen atoms in total. The molecule has 124 valence electrons. The molecule has 3 aromatic rings. The predicted octanol–water partition coefficient (Wildman–Crippen LogP) is 5.00. The van der Waals surface area contributed by atoms with Crippen LogP contribution in [0.4, 0.5) is 0 Å². The zero-order valence-electron chi connectivity index (χ0n) is 13.8. The zero-order valence-corrected chi connectivity index (χ0v) is 15.4. The quantitative estimate of drug-likeness (QED) is 0.580. The summed E-state index contributed by atoms with van der Waals surface area (Å²) in [6, 6.07) is 9.84. The molecule has 1 aromatic carbocycles. The Labute approximate surface area is 149 Å². The van der Waals surface area contributed by atoms with Crippen LogP contribution in [0.15, 0.2) is 46.9 Å². The molecule has 0 saturated carbocycles. The highest BCUT2D eigenvalue weighted by atomic mass is 32.2. The van der Waals surface area contributed by atoms with Crippen molar-refractivity contribution >= 4 is 23.1 Å². The average molecular weight is 358 g/mol. The van der Waals surface area contributed by atoms with Crippen LogP contribution in [0.1, 0.15) is 6.92 Å². The second-order valence-corrected chi connectivity index (χ2v) is 7.06. The normalized spacial score (nSPS) is 10.6. The van der Waals surface area contributed by atoms with Crippen molar-refractivity contribution in [3.05, 3.63) is 41.9 Å². The molecule has 24 heavy (non-hydrogen) atoms. The van der Waals surface area contributed by atoms with E-state index in [4.69, 9.17) is 14.5 Å². The summed E-state index contributed by atoms with van der Waals surface area (Å²) < 4.78 is 10.7. The number of aromatic nitrogens is 2. The summed E-state index contributed by atoms with van der Waals surface area (Å²) in [4.78, 5) is 9.15. The molecule has 6 heteroatoms. The fraction of sp³-hybridized carbons (Fsp3) is 0.222. The number of nitrogens with zero attached hydrogens (tertiary/aromatic N) is 2. The minimum Gasteiger partial charge on any atom is -0.497 e. The maximum absolute atomic E-state index is 5.48. The van der Waals surface area contributed by atoms with Crippen molar-refractivity contribution in [3.8, 4) is 33.3 Å². The summed E-state index contributed by atoms with van der Waals surface area (Å²) in [6.07, 6.45) is 1.84. The Balaban J connectivity index is 1.95. The van der Waals surface area contributed by atoms with Gasteiger partial charge in [0.05, 0.1) is 24.9 Å². The number of ether oxygens (including phenoxy) is 2. The topological polar surface area (TPSA) is 44.2 Å². The lowest BCUT2D eigenvalue weighted by molar-refractivity contribution is 0.395. The Hall–Kier alpha value is -2.05. The summed E-state index contributed by atoms with van der Waals surface area (Å²) in [5.74, 6) is 2.52. The van der Waals surface area contributed by atoms with E-state index in [1.165, 1.54) is 0 Å². The molecule has 2 heterocycles. The second kappa shape index (κ2) is 7.68. The molecule has 0 bridgehead atoms. The smallest absolute Gasteiger partial charge is 0.131 e. The van der Waals surface area contributed by atoms with Gasteiger partial charge in [-0.25, -0.2) is 9.97 Å². The largest absolute Gasteiger partial charge is 0.497 e. The van der Waals surface area contributed by atoms with E-state index in [0.717, 1.165) is 44.1 Å². The van der Waals surface area contributed by atoms with Gasteiger partial charge in [-0.3, -0.25) is 0 Å². The molecular weight excluding hydrogens is 340 g/mol. The van der Waals surface area contributed by atoms with Gasteiger partial charge in [-0.15, -0.1) is 23.1 Å². The maximum Gasteiger partial charge on any atom is 0.131 e. The summed E-state index contributed by atoms with van der Waals surface area (Å²) in [5, 5.41) is 4.05. The van der Waals surface area contributed by atoms with Crippen molar-refractivity contribution in [2.24, 2.45) is 0 Å². The van der Waals surface area contributed by atoms with Crippen LogP contribution in [-0.4, -0.2) is 29.9 Å². The van der Waals surface area contributed by atoms with Crippen LogP contribution in [-0.2, 0) is 0 Å². The van der Waals surface area contributed by atoms with E-state index in [1.54, 1.807) is 37.3 Å². The van der Waals surface area contributed by atoms with Gasteiger partial charge in [0.1, 0.15) is 16.5 Å². The Morgan fingerprint density at radius 1 is 1.12 bits per heavy atom. The van der Waals surface area contributed by atoms with Gasteiger partial charge in [0.25, 0.3) is 0 Å². The van der Waals surface area contributed by atoms with E-state index in [1.807, 2.05) is 35.8 Å². The third kappa shape index (κ3) is 3.55. The fourth-order valence-corrected chi connectivity index (χ4v) is 3.77. The molecule has 2 aromatic heterocycles. The first kappa shape index (κ1) is 16.8. The Morgan fingerprint density at radius 3 is 2.75 bits per heavy atom. The highest BCUT2D eigenvalue weighted by Gasteiger charge is 2.12. The van der Waals surface area contributed by atoms with Crippen LogP contribution in [0.25, 0.3) is 21.8 Å². The van der Waals surface area contributed by atoms with Crippen molar-refractivity contribution < 1.29 is 9.47 Å². The molecule has 3 rings (SSSR count). The van der Waals surface area contributed by atoms with Crippen molar-refractivity contribution in [1.82, 2.24) is 9.97 Å². The maximum atomic E-state index is 5.48. The number of hydrogen-bond acceptors (Lipinski definition) is 6. The molecule has 0 saturated heterocycles. The molecule has 0 unspecified atom stereocenters. The van der Waals surface area contributed by atoms with Crippen molar-refractivity contribution in [3.63, 3.8) is 0 Å². The molecule has 0 fully saturated rings. The van der Waals surface area contributed by atoms with Crippen LogP contribution in [0.5, 0.6) is 11.5 Å². The van der Waals surface area contributed by atoms with E-state index in [-0.39, 0.29) is 0 Å². The van der Waals surface area contributed by atoms with Crippen molar-refractivity contribution in [2.45, 2.75) is 11.9 Å². The van der Waals surface area contributed by atoms with Gasteiger partial charge >= 0.3 is 0 Å². The Kier molecular flexibility index (Phi) is 5.37. The van der Waals surface area contributed by atoms with Crippen molar-refractivity contribution in [2.75, 3.05) is 20.0 Å². The highest BCUT2D eigenvalue weighted by Crippen LogP contribution is 2.36. The monoisotopic (exact) mass is 358 g/mol. The van der Waals surface area contributed by atoms with E-state index >= 15 is 0 Å². The lowest BCUT2D eigenvalue weighted by atomic mass is 10.1. The first-order valence-electron chi connectivity index (χ1n) is 7.52. The lowest BCUT2D eigenvalue weighted by Crippen LogP contribution is -1.90. The molecule has 0 aliphatic rings. The number of rotatable bonds is 6. The fourth-order valence-electron chi connectivity index (χ4n) is 2.31. The van der Waals surface area contributed by atoms with E-state index < -0.39 is 0 Å². The van der Waals surface area contributed by atoms with Gasteiger partial charge in [0, 0.05) is 28.8 Å². The molecule has 0 radical (unpaired) electrons. The van der Waals surface area contributed by atoms with Gasteiger partial charge in [0.2, 0.25) is 0 Å². The van der Waals surface area contributed by atoms with E-state index in [0.29, 0.717) is 0 Å². The van der Waals surface area contributed by atoms with Crippen molar-refractivity contribution in [1.29, 1.82) is 0 Å². The van der Waals surface area contributed by atoms with E-state index in [2.05, 4.69) is 18.0 Å². The van der Waals surface area contributed by atoms with Gasteiger partial charge in [-0.2, -0.15) is 0 Å². The minimum absolute atomic E-state index is 0.753. The third-order valence-electron chi connectivity index (χ3n) is 3.46. The third-order valence-corrected chi connectivity index (χ3v) is 5.16. The average Bonchev–Trinajstić information content (AvgIpc) is 3.11. The predicted molar refractivity (Wildman–Crippen MR) is 100 cm³/mol. The van der Waals surface area contributed by atoms with Gasteiger partial charge < -0.3 is 9.47 Å². The molecule has 0 amide bonds. The number of thioether (sulfide) groups is 1. The molecule has 0 atom stereocenters. The summed E-state index contributed by atoms with van der Waals surface area (Å²) in [7, 11) is 3.30. The van der Waals surface area contributed by atoms with Gasteiger partial charge in [-0.1, -0.05) is 6.92 Å². The Bertz CT molecular complexity index is 833. The zero-order chi connectivity index (χ0) is 16.9. The van der Waals surface area contributed by atoms with Crippen LogP contribution in [0, 0.1) is 0 Å². The summed E-state index contributed by atoms with van der Waals surface area (Å²) in [5.41, 5.74) is 2.94. The number of pyridine rings is 1. The van der Waals surface area contributed by atoms with Crippen LogP contribution >= 0.6 is 23.1 Å². The minimum atomic E-state index is 0.753. The molecule has 0 spiro atoms. The van der Waals surface area contributed by atoms with Gasteiger partial charge in [0.15, 0.2) is 0 Å². The standard InChI is InChI=1S/C18H18N2O2S2/c1-4-23-17-9-12(7-8-19-17)18-20-15(11-24-18)14-6-5-13(21-2)10-16(14)22-3/h5-11H,4H2,1-3H3.